The van der Waals surface area contributed by atoms with E-state index in [1.807, 2.05) is 37.3 Å². The van der Waals surface area contributed by atoms with Crippen LogP contribution in [0.1, 0.15) is 21.7 Å². The third kappa shape index (κ3) is 4.47. The number of aromatic nitrogens is 3. The van der Waals surface area contributed by atoms with E-state index < -0.39 is 0 Å². The van der Waals surface area contributed by atoms with Crippen molar-refractivity contribution in [2.75, 3.05) is 31.4 Å². The van der Waals surface area contributed by atoms with Crippen LogP contribution in [-0.2, 0) is 4.74 Å². The van der Waals surface area contributed by atoms with E-state index in [0.717, 1.165) is 17.0 Å². The molecule has 0 aliphatic carbocycles. The molecule has 0 radical (unpaired) electrons. The van der Waals surface area contributed by atoms with Gasteiger partial charge in [0.2, 0.25) is 0 Å². The van der Waals surface area contributed by atoms with Crippen LogP contribution in [0.3, 0.4) is 0 Å². The zero-order valence-electron chi connectivity index (χ0n) is 16.1. The molecule has 0 unspecified atom stereocenters. The second kappa shape index (κ2) is 8.53. The number of rotatable bonds is 7. The number of aryl methyl sites for hydroxylation is 2. The van der Waals surface area contributed by atoms with Gasteiger partial charge in [-0.05, 0) is 55.8 Å². The minimum Gasteiger partial charge on any atom is -0.491 e. The maximum atomic E-state index is 12.6. The molecule has 1 heterocycles. The SMILES string of the molecule is COCCOc1ccc(-n2nc(C)c(C(=O)Nc3cc(N)ccc3C)n2)cc1. The summed E-state index contributed by atoms with van der Waals surface area (Å²) < 4.78 is 10.5. The minimum absolute atomic E-state index is 0.252. The summed E-state index contributed by atoms with van der Waals surface area (Å²) in [6.07, 6.45) is 0. The molecule has 0 atom stereocenters. The summed E-state index contributed by atoms with van der Waals surface area (Å²) in [6, 6.07) is 12.6. The van der Waals surface area contributed by atoms with Crippen molar-refractivity contribution < 1.29 is 14.3 Å². The van der Waals surface area contributed by atoms with E-state index in [9.17, 15) is 4.79 Å². The van der Waals surface area contributed by atoms with Gasteiger partial charge in [0, 0.05) is 18.5 Å². The highest BCUT2D eigenvalue weighted by atomic mass is 16.5. The quantitative estimate of drug-likeness (QED) is 0.482. The Morgan fingerprint density at radius 3 is 2.57 bits per heavy atom. The van der Waals surface area contributed by atoms with Gasteiger partial charge in [-0.3, -0.25) is 4.79 Å². The number of benzene rings is 2. The summed E-state index contributed by atoms with van der Waals surface area (Å²) in [7, 11) is 1.62. The van der Waals surface area contributed by atoms with Crippen LogP contribution in [-0.4, -0.2) is 41.2 Å². The van der Waals surface area contributed by atoms with Gasteiger partial charge >= 0.3 is 0 Å². The highest BCUT2D eigenvalue weighted by molar-refractivity contribution is 6.04. The fourth-order valence-corrected chi connectivity index (χ4v) is 2.58. The Labute approximate surface area is 163 Å². The molecule has 0 saturated carbocycles. The topological polar surface area (TPSA) is 104 Å². The molecule has 146 valence electrons. The Morgan fingerprint density at radius 2 is 1.86 bits per heavy atom. The summed E-state index contributed by atoms with van der Waals surface area (Å²) in [5, 5.41) is 11.5. The molecule has 3 rings (SSSR count). The Morgan fingerprint density at radius 1 is 1.11 bits per heavy atom. The molecule has 3 N–H and O–H groups in total. The highest BCUT2D eigenvalue weighted by Crippen LogP contribution is 2.20. The maximum Gasteiger partial charge on any atom is 0.278 e. The first kappa shape index (κ1) is 19.4. The molecule has 1 amide bonds. The van der Waals surface area contributed by atoms with Crippen LogP contribution in [0, 0.1) is 13.8 Å². The Bertz CT molecular complexity index is 966. The lowest BCUT2D eigenvalue weighted by atomic mass is 10.1. The molecule has 28 heavy (non-hydrogen) atoms. The van der Waals surface area contributed by atoms with Gasteiger partial charge in [-0.2, -0.15) is 9.90 Å². The average Bonchev–Trinajstić information content (AvgIpc) is 3.07. The van der Waals surface area contributed by atoms with Gasteiger partial charge in [-0.15, -0.1) is 5.10 Å². The second-order valence-corrected chi connectivity index (χ2v) is 6.29. The van der Waals surface area contributed by atoms with E-state index in [-0.39, 0.29) is 11.6 Å². The molecule has 0 fully saturated rings. The van der Waals surface area contributed by atoms with Crippen LogP contribution in [0.4, 0.5) is 11.4 Å². The molecule has 2 aromatic carbocycles. The van der Waals surface area contributed by atoms with E-state index in [1.165, 1.54) is 4.80 Å². The highest BCUT2D eigenvalue weighted by Gasteiger charge is 2.17. The molecular formula is C20H23N5O3. The first-order chi connectivity index (χ1) is 13.5. The first-order valence-electron chi connectivity index (χ1n) is 8.81. The van der Waals surface area contributed by atoms with E-state index >= 15 is 0 Å². The fourth-order valence-electron chi connectivity index (χ4n) is 2.58. The van der Waals surface area contributed by atoms with Crippen molar-refractivity contribution in [1.82, 2.24) is 15.0 Å². The van der Waals surface area contributed by atoms with Crippen molar-refractivity contribution in [2.45, 2.75) is 13.8 Å². The number of ether oxygens (including phenoxy) is 2. The van der Waals surface area contributed by atoms with E-state index in [0.29, 0.717) is 30.3 Å². The Balaban J connectivity index is 1.75. The zero-order chi connectivity index (χ0) is 20.1. The third-order valence-corrected chi connectivity index (χ3v) is 4.13. The van der Waals surface area contributed by atoms with Crippen molar-refractivity contribution in [3.8, 4) is 11.4 Å². The smallest absolute Gasteiger partial charge is 0.278 e. The van der Waals surface area contributed by atoms with Crippen LogP contribution in [0.2, 0.25) is 0 Å². The lowest BCUT2D eigenvalue weighted by molar-refractivity contribution is 0.102. The first-order valence-corrected chi connectivity index (χ1v) is 8.81. The van der Waals surface area contributed by atoms with Gasteiger partial charge in [-0.1, -0.05) is 6.07 Å². The zero-order valence-corrected chi connectivity index (χ0v) is 16.1. The summed E-state index contributed by atoms with van der Waals surface area (Å²) in [4.78, 5) is 14.1. The van der Waals surface area contributed by atoms with Crippen molar-refractivity contribution in [2.24, 2.45) is 0 Å². The summed E-state index contributed by atoms with van der Waals surface area (Å²) in [5.41, 5.74) is 9.45. The third-order valence-electron chi connectivity index (χ3n) is 4.13. The van der Waals surface area contributed by atoms with Crippen LogP contribution < -0.4 is 15.8 Å². The summed E-state index contributed by atoms with van der Waals surface area (Å²) in [5.74, 6) is 0.386. The van der Waals surface area contributed by atoms with E-state index in [4.69, 9.17) is 15.2 Å². The molecule has 8 nitrogen and oxygen atoms in total. The number of carbonyl (C=O) groups excluding carboxylic acids is 1. The van der Waals surface area contributed by atoms with Gasteiger partial charge < -0.3 is 20.5 Å². The van der Waals surface area contributed by atoms with Gasteiger partial charge in [0.15, 0.2) is 5.69 Å². The molecule has 8 heteroatoms. The molecule has 0 saturated heterocycles. The predicted molar refractivity (Wildman–Crippen MR) is 107 cm³/mol. The largest absolute Gasteiger partial charge is 0.491 e. The van der Waals surface area contributed by atoms with Gasteiger partial charge in [0.1, 0.15) is 12.4 Å². The normalized spacial score (nSPS) is 10.7. The lowest BCUT2D eigenvalue weighted by Gasteiger charge is -2.08. The molecular weight excluding hydrogens is 358 g/mol. The van der Waals surface area contributed by atoms with Crippen molar-refractivity contribution in [3.63, 3.8) is 0 Å². The van der Waals surface area contributed by atoms with Gasteiger partial charge in [0.25, 0.3) is 5.91 Å². The molecule has 0 spiro atoms. The lowest BCUT2D eigenvalue weighted by Crippen LogP contribution is -2.15. The number of methoxy groups -OCH3 is 1. The maximum absolute atomic E-state index is 12.6. The van der Waals surface area contributed by atoms with Crippen molar-refractivity contribution in [3.05, 3.63) is 59.4 Å². The summed E-state index contributed by atoms with van der Waals surface area (Å²) >= 11 is 0. The van der Waals surface area contributed by atoms with Crippen molar-refractivity contribution in [1.29, 1.82) is 0 Å². The van der Waals surface area contributed by atoms with Crippen LogP contribution in [0.5, 0.6) is 5.75 Å². The summed E-state index contributed by atoms with van der Waals surface area (Å²) in [6.45, 7) is 4.64. The number of hydrogen-bond donors (Lipinski definition) is 2. The second-order valence-electron chi connectivity index (χ2n) is 6.29. The number of nitrogen functional groups attached to an aromatic ring is 1. The average molecular weight is 381 g/mol. The number of nitrogens with two attached hydrogens (primary N) is 1. The van der Waals surface area contributed by atoms with E-state index in [1.54, 1.807) is 26.2 Å². The van der Waals surface area contributed by atoms with Gasteiger partial charge in [-0.25, -0.2) is 0 Å². The predicted octanol–water partition coefficient (Wildman–Crippen LogP) is 2.74. The molecule has 0 aliphatic rings. The molecule has 0 bridgehead atoms. The van der Waals surface area contributed by atoms with Crippen LogP contribution >= 0.6 is 0 Å². The Hall–Kier alpha value is -3.39. The Kier molecular flexibility index (Phi) is 5.90. The number of carbonyl (C=O) groups is 1. The fraction of sp³-hybridized carbons (Fsp3) is 0.250. The number of nitrogens with zero attached hydrogens (tertiary/aromatic N) is 3. The van der Waals surface area contributed by atoms with Crippen molar-refractivity contribution >= 4 is 17.3 Å². The molecule has 1 aromatic heterocycles. The number of nitrogens with one attached hydrogen (secondary N) is 1. The number of amides is 1. The molecule has 3 aromatic rings. The standard InChI is InChI=1S/C20H23N5O3/c1-13-4-5-15(21)12-18(13)22-20(26)19-14(2)23-25(24-19)16-6-8-17(9-7-16)28-11-10-27-3/h4-9,12H,10-11,21H2,1-3H3,(H,22,26). The van der Waals surface area contributed by atoms with Gasteiger partial charge in [0.05, 0.1) is 18.0 Å². The number of hydrogen-bond acceptors (Lipinski definition) is 6. The van der Waals surface area contributed by atoms with Crippen LogP contribution in [0.25, 0.3) is 5.69 Å². The monoisotopic (exact) mass is 381 g/mol. The number of anilines is 2. The minimum atomic E-state index is -0.336. The molecule has 0 aliphatic heterocycles. The van der Waals surface area contributed by atoms with Crippen LogP contribution in [0.15, 0.2) is 42.5 Å². The van der Waals surface area contributed by atoms with E-state index in [2.05, 4.69) is 15.5 Å².